The van der Waals surface area contributed by atoms with Crippen molar-refractivity contribution in [3.8, 4) is 5.75 Å². The zero-order valence-electron chi connectivity index (χ0n) is 6.62. The molecule has 1 aromatic carbocycles. The molecule has 2 rings (SSSR count). The van der Waals surface area contributed by atoms with Gasteiger partial charge in [-0.25, -0.2) is 4.39 Å². The highest BCUT2D eigenvalue weighted by molar-refractivity contribution is 5.40. The topological polar surface area (TPSA) is 29.5 Å². The summed E-state index contributed by atoms with van der Waals surface area (Å²) in [6.07, 6.45) is -1.05. The summed E-state index contributed by atoms with van der Waals surface area (Å²) >= 11 is 0. The summed E-state index contributed by atoms with van der Waals surface area (Å²) < 4.78 is 18.1. The van der Waals surface area contributed by atoms with Gasteiger partial charge in [0.05, 0.1) is 0 Å². The fourth-order valence-electron chi connectivity index (χ4n) is 1.39. The quantitative estimate of drug-likeness (QED) is 0.638. The van der Waals surface area contributed by atoms with Crippen molar-refractivity contribution >= 4 is 0 Å². The first-order valence-electron chi connectivity index (χ1n) is 3.83. The van der Waals surface area contributed by atoms with Gasteiger partial charge < -0.3 is 9.84 Å². The molecule has 0 saturated carbocycles. The van der Waals surface area contributed by atoms with Gasteiger partial charge >= 0.3 is 0 Å². The van der Waals surface area contributed by atoms with Crippen molar-refractivity contribution in [3.63, 3.8) is 0 Å². The van der Waals surface area contributed by atoms with E-state index >= 15 is 0 Å². The molecule has 64 valence electrons. The standard InChI is InChI=1S/C9H9FO2/c1-5-8(11)6-3-2-4-7(10)9(6)12-5/h2-5,8,11H,1H3. The molecule has 0 saturated heterocycles. The number of ether oxygens (including phenoxy) is 1. The van der Waals surface area contributed by atoms with E-state index in [2.05, 4.69) is 0 Å². The molecule has 1 aromatic rings. The molecule has 1 heterocycles. The number of benzene rings is 1. The molecule has 0 aliphatic carbocycles. The van der Waals surface area contributed by atoms with Gasteiger partial charge in [0.25, 0.3) is 0 Å². The van der Waals surface area contributed by atoms with Crippen LogP contribution in [0.2, 0.25) is 0 Å². The third kappa shape index (κ3) is 0.898. The van der Waals surface area contributed by atoms with Crippen molar-refractivity contribution < 1.29 is 14.2 Å². The van der Waals surface area contributed by atoms with E-state index in [9.17, 15) is 9.50 Å². The maximum atomic E-state index is 13.0. The molecule has 0 spiro atoms. The summed E-state index contributed by atoms with van der Waals surface area (Å²) in [6.45, 7) is 1.71. The summed E-state index contributed by atoms with van der Waals surface area (Å²) in [5.74, 6) is -0.214. The minimum absolute atomic E-state index is 0.192. The van der Waals surface area contributed by atoms with Gasteiger partial charge in [-0.2, -0.15) is 0 Å². The Bertz CT molecular complexity index is 311. The fraction of sp³-hybridized carbons (Fsp3) is 0.333. The Hall–Kier alpha value is -1.09. The molecule has 1 aliphatic heterocycles. The van der Waals surface area contributed by atoms with Gasteiger partial charge in [-0.05, 0) is 13.0 Å². The highest BCUT2D eigenvalue weighted by Crippen LogP contribution is 2.37. The minimum atomic E-state index is -0.698. The van der Waals surface area contributed by atoms with Gasteiger partial charge in [0.2, 0.25) is 0 Å². The third-order valence-electron chi connectivity index (χ3n) is 2.06. The average Bonchev–Trinajstić information content (AvgIpc) is 2.32. The SMILES string of the molecule is CC1Oc2c(F)cccc2C1O. The molecular weight excluding hydrogens is 159 g/mol. The van der Waals surface area contributed by atoms with Crippen LogP contribution >= 0.6 is 0 Å². The molecule has 0 radical (unpaired) electrons. The van der Waals surface area contributed by atoms with Crippen molar-refractivity contribution in [1.82, 2.24) is 0 Å². The van der Waals surface area contributed by atoms with Crippen molar-refractivity contribution in [2.75, 3.05) is 0 Å². The van der Waals surface area contributed by atoms with E-state index in [0.717, 1.165) is 0 Å². The number of halogens is 1. The van der Waals surface area contributed by atoms with Crippen LogP contribution in [0.4, 0.5) is 4.39 Å². The van der Waals surface area contributed by atoms with Crippen molar-refractivity contribution in [1.29, 1.82) is 0 Å². The zero-order chi connectivity index (χ0) is 8.72. The van der Waals surface area contributed by atoms with E-state index in [1.165, 1.54) is 6.07 Å². The van der Waals surface area contributed by atoms with E-state index in [-0.39, 0.29) is 11.9 Å². The lowest BCUT2D eigenvalue weighted by atomic mass is 10.1. The van der Waals surface area contributed by atoms with E-state index in [4.69, 9.17) is 4.74 Å². The minimum Gasteiger partial charge on any atom is -0.484 e. The van der Waals surface area contributed by atoms with Crippen molar-refractivity contribution in [3.05, 3.63) is 29.6 Å². The number of hydrogen-bond donors (Lipinski definition) is 1. The normalized spacial score (nSPS) is 26.6. The maximum Gasteiger partial charge on any atom is 0.165 e. The Morgan fingerprint density at radius 2 is 2.25 bits per heavy atom. The van der Waals surface area contributed by atoms with Gasteiger partial charge in [-0.15, -0.1) is 0 Å². The Kier molecular flexibility index (Phi) is 1.54. The second kappa shape index (κ2) is 2.45. The number of aliphatic hydroxyl groups excluding tert-OH is 1. The molecule has 1 N–H and O–H groups in total. The fourth-order valence-corrected chi connectivity index (χ4v) is 1.39. The second-order valence-corrected chi connectivity index (χ2v) is 2.93. The predicted molar refractivity (Wildman–Crippen MR) is 41.4 cm³/mol. The first kappa shape index (κ1) is 7.55. The van der Waals surface area contributed by atoms with Crippen molar-refractivity contribution in [2.24, 2.45) is 0 Å². The van der Waals surface area contributed by atoms with Crippen LogP contribution in [0.15, 0.2) is 18.2 Å². The Balaban J connectivity index is 2.53. The molecule has 0 bridgehead atoms. The molecule has 2 nitrogen and oxygen atoms in total. The lowest BCUT2D eigenvalue weighted by Gasteiger charge is -2.06. The van der Waals surface area contributed by atoms with Gasteiger partial charge in [-0.1, -0.05) is 12.1 Å². The van der Waals surface area contributed by atoms with Gasteiger partial charge in [0.15, 0.2) is 11.6 Å². The van der Waals surface area contributed by atoms with E-state index < -0.39 is 11.9 Å². The Morgan fingerprint density at radius 3 is 2.92 bits per heavy atom. The largest absolute Gasteiger partial charge is 0.484 e. The van der Waals surface area contributed by atoms with Crippen LogP contribution in [0, 0.1) is 5.82 Å². The molecular formula is C9H9FO2. The van der Waals surface area contributed by atoms with Crippen LogP contribution in [0.25, 0.3) is 0 Å². The summed E-state index contributed by atoms with van der Waals surface area (Å²) in [5.41, 5.74) is 0.544. The number of aliphatic hydroxyl groups is 1. The predicted octanol–water partition coefficient (Wildman–Crippen LogP) is 1.64. The summed E-state index contributed by atoms with van der Waals surface area (Å²) in [6, 6.07) is 4.56. The molecule has 1 aliphatic rings. The molecule has 0 amide bonds. The van der Waals surface area contributed by atoms with Crippen LogP contribution in [0.5, 0.6) is 5.75 Å². The molecule has 0 fully saturated rings. The van der Waals surface area contributed by atoms with Crippen LogP contribution in [-0.4, -0.2) is 11.2 Å². The van der Waals surface area contributed by atoms with E-state index in [0.29, 0.717) is 5.56 Å². The van der Waals surface area contributed by atoms with E-state index in [1.54, 1.807) is 19.1 Å². The Labute approximate surface area is 69.6 Å². The first-order chi connectivity index (χ1) is 5.70. The second-order valence-electron chi connectivity index (χ2n) is 2.93. The number of hydrogen-bond acceptors (Lipinski definition) is 2. The summed E-state index contributed by atoms with van der Waals surface area (Å²) in [5, 5.41) is 9.48. The lowest BCUT2D eigenvalue weighted by Crippen LogP contribution is -2.12. The van der Waals surface area contributed by atoms with Crippen LogP contribution in [0.1, 0.15) is 18.6 Å². The van der Waals surface area contributed by atoms with Gasteiger partial charge in [0.1, 0.15) is 12.2 Å². The van der Waals surface area contributed by atoms with Gasteiger partial charge in [-0.3, -0.25) is 0 Å². The molecule has 3 heteroatoms. The molecule has 0 aromatic heterocycles. The number of rotatable bonds is 0. The highest BCUT2D eigenvalue weighted by Gasteiger charge is 2.31. The molecule has 2 atom stereocenters. The van der Waals surface area contributed by atoms with Crippen LogP contribution in [-0.2, 0) is 0 Å². The zero-order valence-corrected chi connectivity index (χ0v) is 6.62. The monoisotopic (exact) mass is 168 g/mol. The Morgan fingerprint density at radius 1 is 1.50 bits per heavy atom. The summed E-state index contributed by atoms with van der Waals surface area (Å²) in [4.78, 5) is 0. The van der Waals surface area contributed by atoms with Crippen LogP contribution < -0.4 is 4.74 Å². The van der Waals surface area contributed by atoms with Gasteiger partial charge in [0, 0.05) is 5.56 Å². The smallest absolute Gasteiger partial charge is 0.165 e. The third-order valence-corrected chi connectivity index (χ3v) is 2.06. The lowest BCUT2D eigenvalue weighted by molar-refractivity contribution is 0.0783. The summed E-state index contributed by atoms with van der Waals surface area (Å²) in [7, 11) is 0. The van der Waals surface area contributed by atoms with Crippen LogP contribution in [0.3, 0.4) is 0 Å². The number of fused-ring (bicyclic) bond motifs is 1. The molecule has 12 heavy (non-hydrogen) atoms. The van der Waals surface area contributed by atoms with Crippen molar-refractivity contribution in [2.45, 2.75) is 19.1 Å². The van der Waals surface area contributed by atoms with E-state index in [1.807, 2.05) is 0 Å². The highest BCUT2D eigenvalue weighted by atomic mass is 19.1. The maximum absolute atomic E-state index is 13.0. The number of para-hydroxylation sites is 1. The molecule has 2 unspecified atom stereocenters. The average molecular weight is 168 g/mol. The first-order valence-corrected chi connectivity index (χ1v) is 3.83.